The lowest BCUT2D eigenvalue weighted by Gasteiger charge is -2.20. The minimum Gasteiger partial charge on any atom is -0.385 e. The monoisotopic (exact) mass is 248 g/mol. The SMILES string of the molecule is COCCCNC(=O)c1cccc2c1NCCC2. The Kier molecular flexibility index (Phi) is 4.59. The van der Waals surface area contributed by atoms with Crippen molar-refractivity contribution in [2.75, 3.05) is 32.1 Å². The average molecular weight is 248 g/mol. The topological polar surface area (TPSA) is 50.4 Å². The van der Waals surface area contributed by atoms with E-state index in [0.29, 0.717) is 13.2 Å². The maximum absolute atomic E-state index is 12.1. The Labute approximate surface area is 108 Å². The fourth-order valence-electron chi connectivity index (χ4n) is 2.21. The van der Waals surface area contributed by atoms with Gasteiger partial charge < -0.3 is 15.4 Å². The third kappa shape index (κ3) is 3.01. The van der Waals surface area contributed by atoms with Crippen molar-refractivity contribution in [2.45, 2.75) is 19.3 Å². The summed E-state index contributed by atoms with van der Waals surface area (Å²) in [7, 11) is 1.67. The first-order valence-corrected chi connectivity index (χ1v) is 6.46. The second kappa shape index (κ2) is 6.40. The smallest absolute Gasteiger partial charge is 0.253 e. The van der Waals surface area contributed by atoms with Gasteiger partial charge in [0.05, 0.1) is 11.3 Å². The minimum atomic E-state index is -0.00245. The summed E-state index contributed by atoms with van der Waals surface area (Å²) in [6.45, 7) is 2.27. The molecule has 1 aliphatic rings. The molecule has 0 spiro atoms. The van der Waals surface area contributed by atoms with Gasteiger partial charge in [-0.25, -0.2) is 0 Å². The van der Waals surface area contributed by atoms with Crippen LogP contribution in [-0.2, 0) is 11.2 Å². The number of anilines is 1. The van der Waals surface area contributed by atoms with Crippen LogP contribution in [-0.4, -0.2) is 32.7 Å². The van der Waals surface area contributed by atoms with Crippen molar-refractivity contribution < 1.29 is 9.53 Å². The molecule has 1 aromatic rings. The molecule has 0 saturated carbocycles. The molecule has 0 unspecified atom stereocenters. The highest BCUT2D eigenvalue weighted by atomic mass is 16.5. The zero-order valence-corrected chi connectivity index (χ0v) is 10.8. The van der Waals surface area contributed by atoms with Crippen molar-refractivity contribution in [3.05, 3.63) is 29.3 Å². The van der Waals surface area contributed by atoms with Gasteiger partial charge in [-0.2, -0.15) is 0 Å². The first-order valence-electron chi connectivity index (χ1n) is 6.46. The number of benzene rings is 1. The molecule has 4 heteroatoms. The molecule has 0 radical (unpaired) electrons. The number of hydrogen-bond donors (Lipinski definition) is 2. The Morgan fingerprint density at radius 2 is 2.39 bits per heavy atom. The minimum absolute atomic E-state index is 0.00245. The molecule has 0 aromatic heterocycles. The summed E-state index contributed by atoms with van der Waals surface area (Å²) in [4.78, 5) is 12.1. The number of para-hydroxylation sites is 1. The molecule has 4 nitrogen and oxygen atoms in total. The molecule has 1 amide bonds. The Balaban J connectivity index is 2.01. The number of nitrogens with one attached hydrogen (secondary N) is 2. The van der Waals surface area contributed by atoms with Crippen LogP contribution in [0.2, 0.25) is 0 Å². The summed E-state index contributed by atoms with van der Waals surface area (Å²) in [5.41, 5.74) is 3.00. The van der Waals surface area contributed by atoms with E-state index in [9.17, 15) is 4.79 Å². The van der Waals surface area contributed by atoms with E-state index in [4.69, 9.17) is 4.74 Å². The quantitative estimate of drug-likeness (QED) is 0.781. The molecular weight excluding hydrogens is 228 g/mol. The van der Waals surface area contributed by atoms with Crippen LogP contribution in [0.1, 0.15) is 28.8 Å². The standard InChI is InChI=1S/C14H20N2O2/c1-18-10-4-9-16-14(17)12-7-2-5-11-6-3-8-15-13(11)12/h2,5,7,15H,3-4,6,8-10H2,1H3,(H,16,17). The van der Waals surface area contributed by atoms with Gasteiger partial charge in [0.1, 0.15) is 0 Å². The van der Waals surface area contributed by atoms with Gasteiger partial charge in [-0.3, -0.25) is 4.79 Å². The van der Waals surface area contributed by atoms with E-state index in [-0.39, 0.29) is 5.91 Å². The van der Waals surface area contributed by atoms with E-state index in [1.165, 1.54) is 5.56 Å². The molecule has 0 fully saturated rings. The molecule has 0 bridgehead atoms. The highest BCUT2D eigenvalue weighted by molar-refractivity contribution is 6.00. The lowest BCUT2D eigenvalue weighted by Crippen LogP contribution is -2.27. The molecule has 0 aliphatic carbocycles. The fourth-order valence-corrected chi connectivity index (χ4v) is 2.21. The zero-order chi connectivity index (χ0) is 12.8. The van der Waals surface area contributed by atoms with Crippen molar-refractivity contribution in [3.63, 3.8) is 0 Å². The van der Waals surface area contributed by atoms with Gasteiger partial charge in [0.2, 0.25) is 0 Å². The Bertz CT molecular complexity index is 418. The normalized spacial score (nSPS) is 13.6. The maximum atomic E-state index is 12.1. The van der Waals surface area contributed by atoms with Gasteiger partial charge in [-0.05, 0) is 30.9 Å². The number of ether oxygens (including phenoxy) is 1. The molecule has 0 atom stereocenters. The fraction of sp³-hybridized carbons (Fsp3) is 0.500. The van der Waals surface area contributed by atoms with Gasteiger partial charge in [-0.1, -0.05) is 12.1 Å². The summed E-state index contributed by atoms with van der Waals surface area (Å²) in [5, 5.41) is 6.25. The van der Waals surface area contributed by atoms with Crippen LogP contribution < -0.4 is 10.6 Å². The van der Waals surface area contributed by atoms with E-state index in [1.54, 1.807) is 7.11 Å². The summed E-state index contributed by atoms with van der Waals surface area (Å²) in [5.74, 6) is -0.00245. The Morgan fingerprint density at radius 3 is 3.22 bits per heavy atom. The van der Waals surface area contributed by atoms with E-state index in [2.05, 4.69) is 16.7 Å². The third-order valence-corrected chi connectivity index (χ3v) is 3.13. The molecule has 98 valence electrons. The number of methoxy groups -OCH3 is 1. The van der Waals surface area contributed by atoms with Crippen LogP contribution in [0.3, 0.4) is 0 Å². The van der Waals surface area contributed by atoms with Crippen LogP contribution >= 0.6 is 0 Å². The van der Waals surface area contributed by atoms with Crippen LogP contribution in [0.5, 0.6) is 0 Å². The van der Waals surface area contributed by atoms with Gasteiger partial charge in [0.25, 0.3) is 5.91 Å². The predicted molar refractivity (Wildman–Crippen MR) is 72.1 cm³/mol. The number of carbonyl (C=O) groups is 1. The number of aryl methyl sites for hydroxylation is 1. The Morgan fingerprint density at radius 1 is 1.50 bits per heavy atom. The number of hydrogen-bond acceptors (Lipinski definition) is 3. The molecule has 1 aliphatic heterocycles. The summed E-state index contributed by atoms with van der Waals surface area (Å²) >= 11 is 0. The van der Waals surface area contributed by atoms with Crippen LogP contribution in [0.25, 0.3) is 0 Å². The molecule has 18 heavy (non-hydrogen) atoms. The number of rotatable bonds is 5. The van der Waals surface area contributed by atoms with E-state index in [0.717, 1.165) is 37.1 Å². The number of amides is 1. The van der Waals surface area contributed by atoms with E-state index < -0.39 is 0 Å². The van der Waals surface area contributed by atoms with Crippen molar-refractivity contribution in [3.8, 4) is 0 Å². The highest BCUT2D eigenvalue weighted by Crippen LogP contribution is 2.25. The van der Waals surface area contributed by atoms with E-state index in [1.807, 2.05) is 12.1 Å². The van der Waals surface area contributed by atoms with Crippen LogP contribution in [0.4, 0.5) is 5.69 Å². The van der Waals surface area contributed by atoms with Crippen molar-refractivity contribution in [2.24, 2.45) is 0 Å². The van der Waals surface area contributed by atoms with Crippen molar-refractivity contribution in [1.82, 2.24) is 5.32 Å². The van der Waals surface area contributed by atoms with Crippen molar-refractivity contribution >= 4 is 11.6 Å². The largest absolute Gasteiger partial charge is 0.385 e. The Hall–Kier alpha value is -1.55. The molecule has 1 heterocycles. The zero-order valence-electron chi connectivity index (χ0n) is 10.8. The third-order valence-electron chi connectivity index (χ3n) is 3.13. The first-order chi connectivity index (χ1) is 8.83. The molecule has 2 rings (SSSR count). The first kappa shape index (κ1) is 12.9. The summed E-state index contributed by atoms with van der Waals surface area (Å²) in [6, 6.07) is 5.92. The van der Waals surface area contributed by atoms with Gasteiger partial charge in [0.15, 0.2) is 0 Å². The second-order valence-corrected chi connectivity index (χ2v) is 4.47. The number of carbonyl (C=O) groups excluding carboxylic acids is 1. The molecular formula is C14H20N2O2. The molecule has 2 N–H and O–H groups in total. The lowest BCUT2D eigenvalue weighted by molar-refractivity contribution is 0.0949. The van der Waals surface area contributed by atoms with Gasteiger partial charge in [-0.15, -0.1) is 0 Å². The highest BCUT2D eigenvalue weighted by Gasteiger charge is 2.16. The maximum Gasteiger partial charge on any atom is 0.253 e. The van der Waals surface area contributed by atoms with E-state index >= 15 is 0 Å². The van der Waals surface area contributed by atoms with Gasteiger partial charge in [0, 0.05) is 26.8 Å². The van der Waals surface area contributed by atoms with Crippen LogP contribution in [0.15, 0.2) is 18.2 Å². The second-order valence-electron chi connectivity index (χ2n) is 4.47. The van der Waals surface area contributed by atoms with Crippen LogP contribution in [0, 0.1) is 0 Å². The average Bonchev–Trinajstić information content (AvgIpc) is 2.43. The summed E-state index contributed by atoms with van der Waals surface area (Å²) < 4.78 is 4.96. The van der Waals surface area contributed by atoms with Crippen molar-refractivity contribution in [1.29, 1.82) is 0 Å². The number of fused-ring (bicyclic) bond motifs is 1. The van der Waals surface area contributed by atoms with Gasteiger partial charge >= 0.3 is 0 Å². The molecule has 0 saturated heterocycles. The predicted octanol–water partition coefficient (Wildman–Crippen LogP) is 1.81. The lowest BCUT2D eigenvalue weighted by atomic mass is 9.99. The molecule has 1 aromatic carbocycles. The summed E-state index contributed by atoms with van der Waals surface area (Å²) in [6.07, 6.45) is 3.02.